The third-order valence-corrected chi connectivity index (χ3v) is 3.44. The molecule has 124 valence electrons. The van der Waals surface area contributed by atoms with Crippen LogP contribution in [0.15, 0.2) is 18.2 Å². The van der Waals surface area contributed by atoms with Crippen LogP contribution in [0.3, 0.4) is 0 Å². The Kier molecular flexibility index (Phi) is 8.06. The highest BCUT2D eigenvalue weighted by Gasteiger charge is 2.14. The molecule has 0 aromatic heterocycles. The fourth-order valence-corrected chi connectivity index (χ4v) is 2.44. The number of carbonyl (C=O) groups is 1. The molecule has 5 nitrogen and oxygen atoms in total. The van der Waals surface area contributed by atoms with Crippen LogP contribution in [0.5, 0.6) is 5.75 Å². The van der Waals surface area contributed by atoms with Crippen LogP contribution in [0.2, 0.25) is 5.02 Å². The Bertz CT molecular complexity index is 480. The van der Waals surface area contributed by atoms with E-state index < -0.39 is 6.03 Å². The summed E-state index contributed by atoms with van der Waals surface area (Å²) < 4.78 is 10.5. The van der Waals surface area contributed by atoms with Crippen LogP contribution in [0.1, 0.15) is 25.8 Å². The lowest BCUT2D eigenvalue weighted by Crippen LogP contribution is -2.40. The summed E-state index contributed by atoms with van der Waals surface area (Å²) in [7, 11) is 1.62. The van der Waals surface area contributed by atoms with Crippen molar-refractivity contribution in [2.75, 3.05) is 20.3 Å². The van der Waals surface area contributed by atoms with Crippen molar-refractivity contribution < 1.29 is 14.3 Å². The average molecular weight is 329 g/mol. The van der Waals surface area contributed by atoms with Crippen molar-refractivity contribution in [3.8, 4) is 5.75 Å². The van der Waals surface area contributed by atoms with Gasteiger partial charge in [0.05, 0.1) is 11.6 Å². The highest BCUT2D eigenvalue weighted by molar-refractivity contribution is 6.32. The van der Waals surface area contributed by atoms with Gasteiger partial charge in [0.1, 0.15) is 12.4 Å². The van der Waals surface area contributed by atoms with Crippen molar-refractivity contribution in [3.63, 3.8) is 0 Å². The van der Waals surface area contributed by atoms with Gasteiger partial charge in [-0.3, -0.25) is 0 Å². The van der Waals surface area contributed by atoms with Gasteiger partial charge in [0, 0.05) is 13.2 Å². The summed E-state index contributed by atoms with van der Waals surface area (Å²) in [5, 5.41) is 3.35. The summed E-state index contributed by atoms with van der Waals surface area (Å²) in [4.78, 5) is 11.1. The second-order valence-corrected chi connectivity index (χ2v) is 6.05. The predicted molar refractivity (Wildman–Crippen MR) is 88.5 cm³/mol. The van der Waals surface area contributed by atoms with Gasteiger partial charge in [-0.15, -0.1) is 0 Å². The monoisotopic (exact) mass is 328 g/mol. The molecule has 0 spiro atoms. The molecule has 0 fully saturated rings. The molecule has 0 aliphatic rings. The number of benzene rings is 1. The van der Waals surface area contributed by atoms with Crippen LogP contribution in [0, 0.1) is 5.92 Å². The molecule has 0 saturated heterocycles. The number of rotatable bonds is 9. The lowest BCUT2D eigenvalue weighted by molar-refractivity contribution is 0.146. The molecule has 1 atom stereocenters. The van der Waals surface area contributed by atoms with E-state index in [0.29, 0.717) is 36.3 Å². The molecule has 0 radical (unpaired) electrons. The summed E-state index contributed by atoms with van der Waals surface area (Å²) in [6.07, 6.45) is 1.53. The largest absolute Gasteiger partial charge is 0.490 e. The summed E-state index contributed by atoms with van der Waals surface area (Å²) in [5.41, 5.74) is 6.29. The van der Waals surface area contributed by atoms with Gasteiger partial charge in [0.15, 0.2) is 0 Å². The van der Waals surface area contributed by atoms with Crippen molar-refractivity contribution >= 4 is 17.6 Å². The molecule has 1 unspecified atom stereocenters. The molecule has 0 bridgehead atoms. The summed E-state index contributed by atoms with van der Waals surface area (Å²) in [6.45, 7) is 5.15. The zero-order valence-corrected chi connectivity index (χ0v) is 14.2. The van der Waals surface area contributed by atoms with E-state index in [-0.39, 0.29) is 6.04 Å². The molecule has 1 aromatic carbocycles. The molecule has 1 rings (SSSR count). The molecule has 1 aromatic rings. The third-order valence-electron chi connectivity index (χ3n) is 3.13. The van der Waals surface area contributed by atoms with Crippen molar-refractivity contribution in [2.24, 2.45) is 11.7 Å². The number of primary amides is 1. The second kappa shape index (κ2) is 9.54. The van der Waals surface area contributed by atoms with Gasteiger partial charge in [-0.2, -0.15) is 0 Å². The number of methoxy groups -OCH3 is 1. The van der Waals surface area contributed by atoms with E-state index in [1.807, 2.05) is 12.1 Å². The number of ether oxygens (including phenoxy) is 2. The Balaban J connectivity index is 2.76. The van der Waals surface area contributed by atoms with E-state index in [1.165, 1.54) is 0 Å². The minimum absolute atomic E-state index is 0.00880. The number of amides is 2. The van der Waals surface area contributed by atoms with Crippen molar-refractivity contribution in [1.29, 1.82) is 0 Å². The van der Waals surface area contributed by atoms with Crippen LogP contribution in [0.4, 0.5) is 4.79 Å². The second-order valence-electron chi connectivity index (χ2n) is 5.65. The molecule has 0 heterocycles. The van der Waals surface area contributed by atoms with Crippen molar-refractivity contribution in [3.05, 3.63) is 28.8 Å². The predicted octanol–water partition coefficient (Wildman–Crippen LogP) is 2.99. The lowest BCUT2D eigenvalue weighted by atomic mass is 9.97. The maximum Gasteiger partial charge on any atom is 0.312 e. The molecular weight excluding hydrogens is 304 g/mol. The molecule has 0 saturated carbocycles. The van der Waals surface area contributed by atoms with Crippen LogP contribution in [0.25, 0.3) is 0 Å². The summed E-state index contributed by atoms with van der Waals surface area (Å²) in [5.74, 6) is 1.08. The SMILES string of the molecule is COCCOc1cc(CC(CC(C)C)NC(N)=O)ccc1Cl. The highest BCUT2D eigenvalue weighted by atomic mass is 35.5. The minimum atomic E-state index is -0.504. The number of nitrogens with two attached hydrogens (primary N) is 1. The van der Waals surface area contributed by atoms with Crippen LogP contribution >= 0.6 is 11.6 Å². The van der Waals surface area contributed by atoms with E-state index in [9.17, 15) is 4.79 Å². The quantitative estimate of drug-likeness (QED) is 0.684. The Morgan fingerprint density at radius 2 is 2.09 bits per heavy atom. The molecular formula is C16H25ClN2O3. The van der Waals surface area contributed by atoms with Crippen LogP contribution < -0.4 is 15.8 Å². The van der Waals surface area contributed by atoms with E-state index in [1.54, 1.807) is 13.2 Å². The van der Waals surface area contributed by atoms with E-state index in [2.05, 4.69) is 19.2 Å². The van der Waals surface area contributed by atoms with Gasteiger partial charge >= 0.3 is 6.03 Å². The topological polar surface area (TPSA) is 73.6 Å². The first-order chi connectivity index (χ1) is 10.4. The minimum Gasteiger partial charge on any atom is -0.490 e. The Labute approximate surface area is 137 Å². The zero-order chi connectivity index (χ0) is 16.5. The van der Waals surface area contributed by atoms with Crippen LogP contribution in [-0.4, -0.2) is 32.4 Å². The van der Waals surface area contributed by atoms with Crippen molar-refractivity contribution in [1.82, 2.24) is 5.32 Å². The van der Waals surface area contributed by atoms with E-state index in [0.717, 1.165) is 12.0 Å². The highest BCUT2D eigenvalue weighted by Crippen LogP contribution is 2.26. The van der Waals surface area contributed by atoms with Gasteiger partial charge in [0.25, 0.3) is 0 Å². The van der Waals surface area contributed by atoms with Crippen LogP contribution in [-0.2, 0) is 11.2 Å². The number of carbonyl (C=O) groups excluding carboxylic acids is 1. The van der Waals surface area contributed by atoms with Crippen molar-refractivity contribution in [2.45, 2.75) is 32.7 Å². The van der Waals surface area contributed by atoms with Gasteiger partial charge in [-0.05, 0) is 36.5 Å². The normalized spacial score (nSPS) is 12.2. The summed E-state index contributed by atoms with van der Waals surface area (Å²) in [6, 6.07) is 5.12. The van der Waals surface area contributed by atoms with E-state index >= 15 is 0 Å². The number of halogens is 1. The number of hydrogen-bond acceptors (Lipinski definition) is 3. The first kappa shape index (κ1) is 18.6. The molecule has 0 aliphatic heterocycles. The molecule has 6 heteroatoms. The molecule has 2 amide bonds. The van der Waals surface area contributed by atoms with E-state index in [4.69, 9.17) is 26.8 Å². The lowest BCUT2D eigenvalue weighted by Gasteiger charge is -2.20. The fraction of sp³-hybridized carbons (Fsp3) is 0.562. The Morgan fingerprint density at radius 1 is 1.36 bits per heavy atom. The number of nitrogens with one attached hydrogen (secondary N) is 1. The molecule has 0 aliphatic carbocycles. The fourth-order valence-electron chi connectivity index (χ4n) is 2.27. The van der Waals surface area contributed by atoms with Gasteiger partial charge < -0.3 is 20.5 Å². The molecule has 3 N–H and O–H groups in total. The zero-order valence-electron chi connectivity index (χ0n) is 13.4. The molecule has 22 heavy (non-hydrogen) atoms. The Morgan fingerprint density at radius 3 is 2.68 bits per heavy atom. The third kappa shape index (κ3) is 7.00. The standard InChI is InChI=1S/C16H25ClN2O3/c1-11(2)8-13(19-16(18)20)9-12-4-5-14(17)15(10-12)22-7-6-21-3/h4-5,10-11,13H,6-9H2,1-3H3,(H3,18,19,20). The summed E-state index contributed by atoms with van der Waals surface area (Å²) >= 11 is 6.12. The maximum atomic E-state index is 11.1. The maximum absolute atomic E-state index is 11.1. The smallest absolute Gasteiger partial charge is 0.312 e. The first-order valence-electron chi connectivity index (χ1n) is 7.38. The Hall–Kier alpha value is -1.46. The van der Waals surface area contributed by atoms with Gasteiger partial charge in [-0.1, -0.05) is 31.5 Å². The average Bonchev–Trinajstić information content (AvgIpc) is 2.41. The number of urea groups is 1. The number of hydrogen-bond donors (Lipinski definition) is 2. The van der Waals surface area contributed by atoms with Gasteiger partial charge in [-0.25, -0.2) is 4.79 Å². The van der Waals surface area contributed by atoms with Gasteiger partial charge in [0.2, 0.25) is 0 Å². The first-order valence-corrected chi connectivity index (χ1v) is 7.76.